The summed E-state index contributed by atoms with van der Waals surface area (Å²) in [5.41, 5.74) is 1.39. The molecule has 2 nitrogen and oxygen atoms in total. The first-order chi connectivity index (χ1) is 8.54. The Morgan fingerprint density at radius 1 is 1.00 bits per heavy atom. The monoisotopic (exact) mass is 249 g/mol. The highest BCUT2D eigenvalue weighted by atomic mass is 16.5. The van der Waals surface area contributed by atoms with Gasteiger partial charge in [-0.15, -0.1) is 0 Å². The normalized spacial score (nSPS) is 11.6. The molecule has 0 aliphatic heterocycles. The maximum Gasteiger partial charge on any atom is 0.118 e. The van der Waals surface area contributed by atoms with E-state index in [0.29, 0.717) is 12.1 Å². The quantitative estimate of drug-likeness (QED) is 0.730. The van der Waals surface area contributed by atoms with E-state index in [0.717, 1.165) is 12.2 Å². The van der Waals surface area contributed by atoms with E-state index in [1.807, 2.05) is 12.1 Å². The van der Waals surface area contributed by atoms with Crippen LogP contribution in [0.1, 0.15) is 39.7 Å². The third-order valence-electron chi connectivity index (χ3n) is 3.37. The molecule has 0 N–H and O–H groups in total. The van der Waals surface area contributed by atoms with Crippen molar-refractivity contribution in [3.05, 3.63) is 29.8 Å². The van der Waals surface area contributed by atoms with Crippen molar-refractivity contribution in [1.82, 2.24) is 4.90 Å². The van der Waals surface area contributed by atoms with Crippen molar-refractivity contribution in [1.29, 1.82) is 0 Å². The molecule has 0 aliphatic rings. The lowest BCUT2D eigenvalue weighted by Crippen LogP contribution is -2.37. The number of hydrogen-bond acceptors (Lipinski definition) is 2. The van der Waals surface area contributed by atoms with Gasteiger partial charge in [-0.05, 0) is 64.8 Å². The SMILES string of the molecule is COc1ccc(CCCN(C(C)C)C(C)C)cc1. The second kappa shape index (κ2) is 7.42. The lowest BCUT2D eigenvalue weighted by molar-refractivity contribution is 0.173. The van der Waals surface area contributed by atoms with Crippen molar-refractivity contribution < 1.29 is 4.74 Å². The smallest absolute Gasteiger partial charge is 0.118 e. The molecular formula is C16H27NO. The molecule has 0 atom stereocenters. The summed E-state index contributed by atoms with van der Waals surface area (Å²) in [5.74, 6) is 0.935. The second-order valence-electron chi connectivity index (χ2n) is 5.38. The van der Waals surface area contributed by atoms with Crippen LogP contribution >= 0.6 is 0 Å². The van der Waals surface area contributed by atoms with Gasteiger partial charge < -0.3 is 4.74 Å². The molecule has 0 saturated carbocycles. The predicted octanol–water partition coefficient (Wildman–Crippen LogP) is 3.75. The van der Waals surface area contributed by atoms with Crippen molar-refractivity contribution in [2.75, 3.05) is 13.7 Å². The largest absolute Gasteiger partial charge is 0.497 e. The Bertz CT molecular complexity index is 321. The molecule has 0 unspecified atom stereocenters. The topological polar surface area (TPSA) is 12.5 Å². The Labute approximate surface area is 112 Å². The van der Waals surface area contributed by atoms with Crippen molar-refractivity contribution in [3.8, 4) is 5.75 Å². The lowest BCUT2D eigenvalue weighted by atomic mass is 10.1. The minimum absolute atomic E-state index is 0.626. The van der Waals surface area contributed by atoms with Gasteiger partial charge in [-0.2, -0.15) is 0 Å². The standard InChI is InChI=1S/C16H27NO/c1-13(2)17(14(3)4)12-6-7-15-8-10-16(18-5)11-9-15/h8-11,13-14H,6-7,12H2,1-5H3. The van der Waals surface area contributed by atoms with Gasteiger partial charge in [0.25, 0.3) is 0 Å². The highest BCUT2D eigenvalue weighted by Crippen LogP contribution is 2.13. The molecule has 0 amide bonds. The lowest BCUT2D eigenvalue weighted by Gasteiger charge is -2.30. The number of methoxy groups -OCH3 is 1. The molecule has 1 rings (SSSR count). The van der Waals surface area contributed by atoms with Crippen LogP contribution < -0.4 is 4.74 Å². The van der Waals surface area contributed by atoms with Gasteiger partial charge in [0.05, 0.1) is 7.11 Å². The molecule has 0 saturated heterocycles. The summed E-state index contributed by atoms with van der Waals surface area (Å²) >= 11 is 0. The van der Waals surface area contributed by atoms with Crippen LogP contribution in [-0.2, 0) is 6.42 Å². The fourth-order valence-electron chi connectivity index (χ4n) is 2.37. The second-order valence-corrected chi connectivity index (χ2v) is 5.38. The summed E-state index contributed by atoms with van der Waals surface area (Å²) in [6.45, 7) is 10.3. The summed E-state index contributed by atoms with van der Waals surface area (Å²) < 4.78 is 5.17. The maximum absolute atomic E-state index is 5.17. The Hall–Kier alpha value is -1.02. The van der Waals surface area contributed by atoms with Crippen LogP contribution in [0.25, 0.3) is 0 Å². The van der Waals surface area contributed by atoms with Crippen LogP contribution in [-0.4, -0.2) is 30.6 Å². The Morgan fingerprint density at radius 2 is 1.56 bits per heavy atom. The number of aryl methyl sites for hydroxylation is 1. The van der Waals surface area contributed by atoms with Crippen LogP contribution in [0.4, 0.5) is 0 Å². The minimum Gasteiger partial charge on any atom is -0.497 e. The number of nitrogens with zero attached hydrogens (tertiary/aromatic N) is 1. The van der Waals surface area contributed by atoms with E-state index in [1.165, 1.54) is 18.5 Å². The maximum atomic E-state index is 5.17. The van der Waals surface area contributed by atoms with Crippen molar-refractivity contribution >= 4 is 0 Å². The summed E-state index contributed by atoms with van der Waals surface area (Å²) in [5, 5.41) is 0. The molecule has 0 fully saturated rings. The zero-order chi connectivity index (χ0) is 13.5. The van der Waals surface area contributed by atoms with E-state index >= 15 is 0 Å². The number of benzene rings is 1. The van der Waals surface area contributed by atoms with E-state index in [4.69, 9.17) is 4.74 Å². The van der Waals surface area contributed by atoms with Crippen molar-refractivity contribution in [2.24, 2.45) is 0 Å². The minimum atomic E-state index is 0.626. The Morgan fingerprint density at radius 3 is 2.00 bits per heavy atom. The molecule has 0 spiro atoms. The van der Waals surface area contributed by atoms with E-state index in [2.05, 4.69) is 44.7 Å². The van der Waals surface area contributed by atoms with Crippen molar-refractivity contribution in [3.63, 3.8) is 0 Å². The zero-order valence-corrected chi connectivity index (χ0v) is 12.4. The zero-order valence-electron chi connectivity index (χ0n) is 12.4. The average Bonchev–Trinajstić information content (AvgIpc) is 2.34. The first kappa shape index (κ1) is 15.0. The fourth-order valence-corrected chi connectivity index (χ4v) is 2.37. The molecule has 102 valence electrons. The predicted molar refractivity (Wildman–Crippen MR) is 78.3 cm³/mol. The van der Waals surface area contributed by atoms with Gasteiger partial charge >= 0.3 is 0 Å². The molecule has 0 radical (unpaired) electrons. The Kier molecular flexibility index (Phi) is 6.20. The first-order valence-corrected chi connectivity index (χ1v) is 6.93. The van der Waals surface area contributed by atoms with Gasteiger partial charge in [-0.25, -0.2) is 0 Å². The average molecular weight is 249 g/mol. The van der Waals surface area contributed by atoms with Gasteiger partial charge in [-0.3, -0.25) is 4.90 Å². The third-order valence-corrected chi connectivity index (χ3v) is 3.37. The molecule has 1 aromatic rings. The fraction of sp³-hybridized carbons (Fsp3) is 0.625. The van der Waals surface area contributed by atoms with Gasteiger partial charge in [0.2, 0.25) is 0 Å². The number of rotatable bonds is 7. The highest BCUT2D eigenvalue weighted by molar-refractivity contribution is 5.27. The molecule has 0 bridgehead atoms. The molecule has 1 aromatic carbocycles. The van der Waals surface area contributed by atoms with Gasteiger partial charge in [0, 0.05) is 12.1 Å². The van der Waals surface area contributed by atoms with Crippen molar-refractivity contribution in [2.45, 2.75) is 52.6 Å². The van der Waals surface area contributed by atoms with Crippen LogP contribution in [0, 0.1) is 0 Å². The Balaban J connectivity index is 2.40. The number of ether oxygens (including phenoxy) is 1. The van der Waals surface area contributed by atoms with Crippen LogP contribution in [0.15, 0.2) is 24.3 Å². The van der Waals surface area contributed by atoms with E-state index in [-0.39, 0.29) is 0 Å². The van der Waals surface area contributed by atoms with Crippen LogP contribution in [0.5, 0.6) is 5.75 Å². The molecule has 2 heteroatoms. The molecule has 0 aliphatic carbocycles. The van der Waals surface area contributed by atoms with Gasteiger partial charge in [0.1, 0.15) is 5.75 Å². The summed E-state index contributed by atoms with van der Waals surface area (Å²) in [7, 11) is 1.71. The third kappa shape index (κ3) is 4.69. The summed E-state index contributed by atoms with van der Waals surface area (Å²) in [6, 6.07) is 9.65. The molecule has 18 heavy (non-hydrogen) atoms. The van der Waals surface area contributed by atoms with Crippen LogP contribution in [0.2, 0.25) is 0 Å². The van der Waals surface area contributed by atoms with Crippen LogP contribution in [0.3, 0.4) is 0 Å². The first-order valence-electron chi connectivity index (χ1n) is 6.93. The molecular weight excluding hydrogens is 222 g/mol. The van der Waals surface area contributed by atoms with E-state index < -0.39 is 0 Å². The summed E-state index contributed by atoms with van der Waals surface area (Å²) in [4.78, 5) is 2.55. The van der Waals surface area contributed by atoms with Gasteiger partial charge in [-0.1, -0.05) is 12.1 Å². The van der Waals surface area contributed by atoms with E-state index in [9.17, 15) is 0 Å². The number of hydrogen-bond donors (Lipinski definition) is 0. The molecule has 0 heterocycles. The summed E-state index contributed by atoms with van der Waals surface area (Å²) in [6.07, 6.45) is 2.35. The highest BCUT2D eigenvalue weighted by Gasteiger charge is 2.12. The van der Waals surface area contributed by atoms with Gasteiger partial charge in [0.15, 0.2) is 0 Å². The van der Waals surface area contributed by atoms with E-state index in [1.54, 1.807) is 7.11 Å². The molecule has 0 aromatic heterocycles.